The molecule has 3 nitrogen and oxygen atoms in total. The zero-order valence-corrected chi connectivity index (χ0v) is 12.8. The molecule has 3 rings (SSSR count). The number of rotatable bonds is 5. The number of aryl methyl sites for hydroxylation is 1. The molecule has 1 aromatic carbocycles. The van der Waals surface area contributed by atoms with Crippen molar-refractivity contribution in [3.05, 3.63) is 57.8 Å². The van der Waals surface area contributed by atoms with Crippen molar-refractivity contribution in [3.63, 3.8) is 0 Å². The van der Waals surface area contributed by atoms with E-state index in [4.69, 9.17) is 0 Å². The van der Waals surface area contributed by atoms with Gasteiger partial charge in [-0.2, -0.15) is 5.10 Å². The lowest BCUT2D eigenvalue weighted by Crippen LogP contribution is -2.19. The van der Waals surface area contributed by atoms with Gasteiger partial charge in [-0.1, -0.05) is 37.3 Å². The van der Waals surface area contributed by atoms with E-state index < -0.39 is 0 Å². The first kappa shape index (κ1) is 14.0. The number of hydrogen-bond acceptors (Lipinski definition) is 3. The average molecular weight is 298 g/mol. The predicted octanol–water partition coefficient (Wildman–Crippen LogP) is 3.56. The van der Waals surface area contributed by atoms with E-state index in [0.717, 1.165) is 17.7 Å². The van der Waals surface area contributed by atoms with E-state index in [9.17, 15) is 4.79 Å². The summed E-state index contributed by atoms with van der Waals surface area (Å²) in [5.41, 5.74) is 3.90. The number of thiophene rings is 1. The van der Waals surface area contributed by atoms with E-state index in [1.165, 1.54) is 10.4 Å². The van der Waals surface area contributed by atoms with Gasteiger partial charge >= 0.3 is 0 Å². The van der Waals surface area contributed by atoms with Crippen LogP contribution in [-0.4, -0.2) is 12.1 Å². The predicted molar refractivity (Wildman–Crippen MR) is 86.7 cm³/mol. The molecule has 0 bridgehead atoms. The van der Waals surface area contributed by atoms with Crippen LogP contribution in [0, 0.1) is 5.92 Å². The van der Waals surface area contributed by atoms with Gasteiger partial charge in [0, 0.05) is 15.7 Å². The standard InChI is InChI=1S/C17H18N2OS/c1-2-13-8-9-14(21-13)11-18-19-17(20)16-10-15(16)12-6-4-3-5-7-12/h3-9,11,15-16H,2,10H2,1H3,(H,19,20)/b18-11+. The SMILES string of the molecule is CCc1ccc(/C=N/NC(=O)C2CC2c2ccccc2)s1. The summed E-state index contributed by atoms with van der Waals surface area (Å²) in [5.74, 6) is 0.446. The fourth-order valence-corrected chi connectivity index (χ4v) is 3.27. The van der Waals surface area contributed by atoms with Crippen LogP contribution in [0.2, 0.25) is 0 Å². The number of carbonyl (C=O) groups is 1. The smallest absolute Gasteiger partial charge is 0.243 e. The molecule has 1 fully saturated rings. The average Bonchev–Trinajstić information content (AvgIpc) is 3.20. The van der Waals surface area contributed by atoms with Crippen LogP contribution in [0.4, 0.5) is 0 Å². The summed E-state index contributed by atoms with van der Waals surface area (Å²) < 4.78 is 0. The minimum atomic E-state index is 0.0207. The van der Waals surface area contributed by atoms with Crippen LogP contribution in [0.15, 0.2) is 47.6 Å². The molecule has 4 heteroatoms. The minimum Gasteiger partial charge on any atom is -0.273 e. The highest BCUT2D eigenvalue weighted by Crippen LogP contribution is 2.47. The number of amides is 1. The van der Waals surface area contributed by atoms with Gasteiger partial charge in [-0.3, -0.25) is 4.79 Å². The highest BCUT2D eigenvalue weighted by atomic mass is 32.1. The number of benzene rings is 1. The van der Waals surface area contributed by atoms with Gasteiger partial charge in [-0.05, 0) is 36.5 Å². The Bertz CT molecular complexity index is 648. The van der Waals surface area contributed by atoms with Gasteiger partial charge in [-0.25, -0.2) is 5.43 Å². The molecule has 1 aliphatic carbocycles. The molecule has 2 unspecified atom stereocenters. The molecule has 2 atom stereocenters. The van der Waals surface area contributed by atoms with Crippen molar-refractivity contribution in [3.8, 4) is 0 Å². The van der Waals surface area contributed by atoms with Gasteiger partial charge in [0.25, 0.3) is 0 Å². The van der Waals surface area contributed by atoms with Gasteiger partial charge in [0.2, 0.25) is 5.91 Å². The second-order valence-electron chi connectivity index (χ2n) is 5.25. The lowest BCUT2D eigenvalue weighted by Gasteiger charge is -1.99. The summed E-state index contributed by atoms with van der Waals surface area (Å²) in [5, 5.41) is 4.06. The monoisotopic (exact) mass is 298 g/mol. The minimum absolute atomic E-state index is 0.0207. The van der Waals surface area contributed by atoms with Crippen molar-refractivity contribution in [2.24, 2.45) is 11.0 Å². The Labute approximate surface area is 128 Å². The lowest BCUT2D eigenvalue weighted by atomic mass is 10.1. The Kier molecular flexibility index (Phi) is 4.15. The fourth-order valence-electron chi connectivity index (χ4n) is 2.45. The van der Waals surface area contributed by atoms with Crippen molar-refractivity contribution in [1.29, 1.82) is 0 Å². The Balaban J connectivity index is 1.51. The normalized spacial score (nSPS) is 20.6. The zero-order chi connectivity index (χ0) is 14.7. The van der Waals surface area contributed by atoms with E-state index in [1.54, 1.807) is 17.6 Å². The molecule has 0 aliphatic heterocycles. The molecule has 1 heterocycles. The maximum absolute atomic E-state index is 12.0. The van der Waals surface area contributed by atoms with Crippen LogP contribution >= 0.6 is 11.3 Å². The lowest BCUT2D eigenvalue weighted by molar-refractivity contribution is -0.122. The van der Waals surface area contributed by atoms with Crippen molar-refractivity contribution in [2.45, 2.75) is 25.7 Å². The number of hydrazone groups is 1. The van der Waals surface area contributed by atoms with Crippen molar-refractivity contribution in [2.75, 3.05) is 0 Å². The van der Waals surface area contributed by atoms with Gasteiger partial charge in [0.1, 0.15) is 0 Å². The molecular weight excluding hydrogens is 280 g/mol. The number of hydrogen-bond donors (Lipinski definition) is 1. The molecule has 1 amide bonds. The summed E-state index contributed by atoms with van der Waals surface area (Å²) >= 11 is 1.71. The van der Waals surface area contributed by atoms with Gasteiger partial charge in [-0.15, -0.1) is 11.3 Å². The summed E-state index contributed by atoms with van der Waals surface area (Å²) in [6.07, 6.45) is 3.68. The van der Waals surface area contributed by atoms with E-state index in [2.05, 4.69) is 35.7 Å². The van der Waals surface area contributed by atoms with E-state index >= 15 is 0 Å². The molecule has 1 aromatic heterocycles. The van der Waals surface area contributed by atoms with Crippen molar-refractivity contribution < 1.29 is 4.79 Å². The topological polar surface area (TPSA) is 41.5 Å². The number of nitrogens with zero attached hydrogens (tertiary/aromatic N) is 1. The summed E-state index contributed by atoms with van der Waals surface area (Å²) in [6.45, 7) is 2.13. The van der Waals surface area contributed by atoms with Crippen LogP contribution in [0.1, 0.15) is 34.6 Å². The molecular formula is C17H18N2OS. The van der Waals surface area contributed by atoms with E-state index in [0.29, 0.717) is 5.92 Å². The molecule has 1 N–H and O–H groups in total. The summed E-state index contributed by atoms with van der Waals surface area (Å²) in [4.78, 5) is 14.4. The Morgan fingerprint density at radius 3 is 2.86 bits per heavy atom. The van der Waals surface area contributed by atoms with Crippen molar-refractivity contribution >= 4 is 23.5 Å². The second-order valence-corrected chi connectivity index (χ2v) is 6.45. The maximum atomic E-state index is 12.0. The molecule has 0 saturated heterocycles. The molecule has 0 spiro atoms. The zero-order valence-electron chi connectivity index (χ0n) is 12.0. The fraction of sp³-hybridized carbons (Fsp3) is 0.294. The second kappa shape index (κ2) is 6.22. The first-order chi connectivity index (χ1) is 10.3. The van der Waals surface area contributed by atoms with Crippen molar-refractivity contribution in [1.82, 2.24) is 5.43 Å². The van der Waals surface area contributed by atoms with Crippen LogP contribution in [0.5, 0.6) is 0 Å². The third-order valence-electron chi connectivity index (χ3n) is 3.75. The van der Waals surface area contributed by atoms with Crippen LogP contribution in [0.25, 0.3) is 0 Å². The molecule has 1 aliphatic rings. The third kappa shape index (κ3) is 3.39. The number of carbonyl (C=O) groups excluding carboxylic acids is 1. The van der Waals surface area contributed by atoms with Gasteiger partial charge < -0.3 is 0 Å². The van der Waals surface area contributed by atoms with Crippen LogP contribution in [0.3, 0.4) is 0 Å². The Hall–Kier alpha value is -1.94. The van der Waals surface area contributed by atoms with E-state index in [-0.39, 0.29) is 11.8 Å². The van der Waals surface area contributed by atoms with Crippen LogP contribution < -0.4 is 5.43 Å². The first-order valence-electron chi connectivity index (χ1n) is 7.24. The number of nitrogens with one attached hydrogen (secondary N) is 1. The first-order valence-corrected chi connectivity index (χ1v) is 8.06. The Morgan fingerprint density at radius 1 is 1.33 bits per heavy atom. The highest BCUT2D eigenvalue weighted by Gasteiger charge is 2.43. The van der Waals surface area contributed by atoms with Crippen LogP contribution in [-0.2, 0) is 11.2 Å². The molecule has 21 heavy (non-hydrogen) atoms. The van der Waals surface area contributed by atoms with Gasteiger partial charge in [0.05, 0.1) is 6.21 Å². The third-order valence-corrected chi connectivity index (χ3v) is 4.92. The molecule has 2 aromatic rings. The summed E-state index contributed by atoms with van der Waals surface area (Å²) in [7, 11) is 0. The molecule has 0 radical (unpaired) electrons. The largest absolute Gasteiger partial charge is 0.273 e. The highest BCUT2D eigenvalue weighted by molar-refractivity contribution is 7.13. The molecule has 108 valence electrons. The van der Waals surface area contributed by atoms with Gasteiger partial charge in [0.15, 0.2) is 0 Å². The quantitative estimate of drug-likeness (QED) is 0.665. The molecule has 1 saturated carbocycles. The van der Waals surface area contributed by atoms with E-state index in [1.807, 2.05) is 24.3 Å². The summed E-state index contributed by atoms with van der Waals surface area (Å²) in [6, 6.07) is 14.3. The Morgan fingerprint density at radius 2 is 2.14 bits per heavy atom. The maximum Gasteiger partial charge on any atom is 0.243 e.